The molecule has 0 aromatic carbocycles. The molecule has 0 bridgehead atoms. The van der Waals surface area contributed by atoms with Gasteiger partial charge < -0.3 is 4.42 Å². The van der Waals surface area contributed by atoms with Crippen molar-refractivity contribution in [2.75, 3.05) is 0 Å². The second-order valence-electron chi connectivity index (χ2n) is 3.58. The Morgan fingerprint density at radius 1 is 1.39 bits per heavy atom. The van der Waals surface area contributed by atoms with E-state index in [4.69, 9.17) is 16.0 Å². The summed E-state index contributed by atoms with van der Waals surface area (Å²) >= 11 is 15.0. The summed E-state index contributed by atoms with van der Waals surface area (Å²) in [6.45, 7) is 2.10. The maximum absolute atomic E-state index is 6.13. The first-order valence-electron chi connectivity index (χ1n) is 5.20. The van der Waals surface area contributed by atoms with Crippen LogP contribution in [0.1, 0.15) is 19.0 Å². The third-order valence-corrected chi connectivity index (χ3v) is 5.67. The molecule has 7 heteroatoms. The predicted octanol–water partition coefficient (Wildman–Crippen LogP) is 5.47. The van der Waals surface area contributed by atoms with Crippen LogP contribution in [0.4, 0.5) is 0 Å². The Labute approximate surface area is 140 Å². The van der Waals surface area contributed by atoms with Gasteiger partial charge in [0, 0.05) is 6.07 Å². The standard InChI is InChI=1S/C11H8Br2ClIN2O/c1-2-3-6-8(15)10(14)17-11(16-6)7-4-5(12)9(13)18-7/h4H,2-3H2,1H3. The summed E-state index contributed by atoms with van der Waals surface area (Å²) in [5.74, 6) is 1.10. The van der Waals surface area contributed by atoms with Crippen LogP contribution in [0, 0.1) is 3.57 Å². The summed E-state index contributed by atoms with van der Waals surface area (Å²) in [4.78, 5) is 8.76. The second kappa shape index (κ2) is 6.19. The Hall–Kier alpha value is 0.340. The number of halogens is 4. The molecular formula is C11H8Br2ClIN2O. The average Bonchev–Trinajstić information content (AvgIpc) is 2.65. The van der Waals surface area contributed by atoms with Crippen molar-refractivity contribution in [3.63, 3.8) is 0 Å². The summed E-state index contributed by atoms with van der Waals surface area (Å²) < 4.78 is 7.86. The Balaban J connectivity index is 2.51. The predicted molar refractivity (Wildman–Crippen MR) is 86.9 cm³/mol. The van der Waals surface area contributed by atoms with Crippen LogP contribution in [0.5, 0.6) is 0 Å². The van der Waals surface area contributed by atoms with E-state index in [1.54, 1.807) is 0 Å². The fourth-order valence-electron chi connectivity index (χ4n) is 1.43. The molecule has 0 aliphatic rings. The lowest BCUT2D eigenvalue weighted by Gasteiger charge is -2.05. The van der Waals surface area contributed by atoms with Gasteiger partial charge in [-0.3, -0.25) is 0 Å². The van der Waals surface area contributed by atoms with Crippen LogP contribution in [-0.2, 0) is 6.42 Å². The van der Waals surface area contributed by atoms with E-state index in [0.29, 0.717) is 21.4 Å². The Morgan fingerprint density at radius 3 is 2.67 bits per heavy atom. The van der Waals surface area contributed by atoms with E-state index in [9.17, 15) is 0 Å². The maximum Gasteiger partial charge on any atom is 0.197 e. The number of hydrogen-bond acceptors (Lipinski definition) is 3. The molecule has 0 aliphatic carbocycles. The number of hydrogen-bond donors (Lipinski definition) is 0. The zero-order valence-corrected chi connectivity index (χ0v) is 15.4. The minimum Gasteiger partial charge on any atom is -0.445 e. The molecule has 0 amide bonds. The van der Waals surface area contributed by atoms with Crippen molar-refractivity contribution in [1.82, 2.24) is 9.97 Å². The number of furan rings is 1. The molecule has 0 N–H and O–H groups in total. The number of aryl methyl sites for hydroxylation is 1. The van der Waals surface area contributed by atoms with E-state index in [1.165, 1.54) is 0 Å². The first-order valence-corrected chi connectivity index (χ1v) is 8.24. The lowest BCUT2D eigenvalue weighted by molar-refractivity contribution is 0.548. The third kappa shape index (κ3) is 3.08. The van der Waals surface area contributed by atoms with Crippen LogP contribution >= 0.6 is 66.1 Å². The quantitative estimate of drug-likeness (QED) is 0.410. The molecule has 96 valence electrons. The lowest BCUT2D eigenvalue weighted by Crippen LogP contribution is -2.00. The minimum atomic E-state index is 0.465. The van der Waals surface area contributed by atoms with Crippen molar-refractivity contribution in [1.29, 1.82) is 0 Å². The van der Waals surface area contributed by atoms with Gasteiger partial charge in [0.05, 0.1) is 13.7 Å². The van der Waals surface area contributed by atoms with Gasteiger partial charge in [-0.2, -0.15) is 0 Å². The van der Waals surface area contributed by atoms with Crippen LogP contribution in [-0.4, -0.2) is 9.97 Å². The highest BCUT2D eigenvalue weighted by molar-refractivity contribution is 14.1. The van der Waals surface area contributed by atoms with Gasteiger partial charge in [0.15, 0.2) is 16.3 Å². The third-order valence-electron chi connectivity index (χ3n) is 2.23. The minimum absolute atomic E-state index is 0.465. The molecule has 0 spiro atoms. The van der Waals surface area contributed by atoms with E-state index in [0.717, 1.165) is 26.6 Å². The van der Waals surface area contributed by atoms with Gasteiger partial charge >= 0.3 is 0 Å². The van der Waals surface area contributed by atoms with Gasteiger partial charge in [-0.05, 0) is 60.9 Å². The van der Waals surface area contributed by atoms with Crippen LogP contribution in [0.15, 0.2) is 19.6 Å². The molecule has 0 radical (unpaired) electrons. The summed E-state index contributed by atoms with van der Waals surface area (Å²) in [7, 11) is 0. The SMILES string of the molecule is CCCc1nc(-c2cc(Br)c(Br)o2)nc(Cl)c1I. The van der Waals surface area contributed by atoms with Gasteiger partial charge in [-0.25, -0.2) is 9.97 Å². The van der Waals surface area contributed by atoms with Crippen LogP contribution in [0.25, 0.3) is 11.6 Å². The second-order valence-corrected chi connectivity index (χ2v) is 6.59. The van der Waals surface area contributed by atoms with Crippen LogP contribution in [0.2, 0.25) is 5.15 Å². The molecule has 3 nitrogen and oxygen atoms in total. The van der Waals surface area contributed by atoms with Gasteiger partial charge in [0.1, 0.15) is 5.15 Å². The van der Waals surface area contributed by atoms with E-state index < -0.39 is 0 Å². The smallest absolute Gasteiger partial charge is 0.197 e. The average molecular weight is 506 g/mol. The van der Waals surface area contributed by atoms with Crippen LogP contribution in [0.3, 0.4) is 0 Å². The van der Waals surface area contributed by atoms with Crippen molar-refractivity contribution < 1.29 is 4.42 Å². The number of nitrogens with zero attached hydrogens (tertiary/aromatic N) is 2. The monoisotopic (exact) mass is 504 g/mol. The van der Waals surface area contributed by atoms with E-state index in [-0.39, 0.29) is 0 Å². The molecule has 2 heterocycles. The first-order chi connectivity index (χ1) is 8.52. The molecule has 2 aromatic heterocycles. The Kier molecular flexibility index (Phi) is 5.07. The summed E-state index contributed by atoms with van der Waals surface area (Å²) in [5, 5.41) is 0.465. The highest BCUT2D eigenvalue weighted by Gasteiger charge is 2.15. The molecule has 0 atom stereocenters. The van der Waals surface area contributed by atoms with Crippen molar-refractivity contribution in [2.24, 2.45) is 0 Å². The largest absolute Gasteiger partial charge is 0.445 e. The Bertz CT molecular complexity index is 569. The molecule has 0 saturated heterocycles. The highest BCUT2D eigenvalue weighted by atomic mass is 127. The number of rotatable bonds is 3. The molecule has 2 aromatic rings. The summed E-state index contributed by atoms with van der Waals surface area (Å²) in [6, 6.07) is 1.82. The zero-order valence-electron chi connectivity index (χ0n) is 9.31. The summed E-state index contributed by atoms with van der Waals surface area (Å²) in [5.41, 5.74) is 0.955. The lowest BCUT2D eigenvalue weighted by atomic mass is 10.2. The highest BCUT2D eigenvalue weighted by Crippen LogP contribution is 2.32. The molecule has 2 rings (SSSR count). The van der Waals surface area contributed by atoms with E-state index in [1.807, 2.05) is 6.07 Å². The van der Waals surface area contributed by atoms with Crippen molar-refractivity contribution >= 4 is 66.1 Å². The van der Waals surface area contributed by atoms with Crippen molar-refractivity contribution in [2.45, 2.75) is 19.8 Å². The summed E-state index contributed by atoms with van der Waals surface area (Å²) in [6.07, 6.45) is 1.88. The van der Waals surface area contributed by atoms with Gasteiger partial charge in [0.25, 0.3) is 0 Å². The van der Waals surface area contributed by atoms with Gasteiger partial charge in [-0.1, -0.05) is 24.9 Å². The Morgan fingerprint density at radius 2 is 2.11 bits per heavy atom. The van der Waals surface area contributed by atoms with Gasteiger partial charge in [0.2, 0.25) is 0 Å². The van der Waals surface area contributed by atoms with Gasteiger partial charge in [-0.15, -0.1) is 0 Å². The normalized spacial score (nSPS) is 10.9. The molecule has 0 fully saturated rings. The zero-order chi connectivity index (χ0) is 13.3. The molecule has 0 saturated carbocycles. The molecule has 0 aliphatic heterocycles. The first kappa shape index (κ1) is 14.7. The molecular weight excluding hydrogens is 498 g/mol. The fourth-order valence-corrected chi connectivity index (χ4v) is 2.71. The number of aromatic nitrogens is 2. The van der Waals surface area contributed by atoms with E-state index in [2.05, 4.69) is 71.3 Å². The molecule has 18 heavy (non-hydrogen) atoms. The van der Waals surface area contributed by atoms with Crippen molar-refractivity contribution in [3.8, 4) is 11.6 Å². The topological polar surface area (TPSA) is 38.9 Å². The van der Waals surface area contributed by atoms with E-state index >= 15 is 0 Å². The van der Waals surface area contributed by atoms with Crippen molar-refractivity contribution in [3.05, 3.63) is 29.6 Å². The maximum atomic E-state index is 6.13. The van der Waals surface area contributed by atoms with Crippen LogP contribution < -0.4 is 0 Å². The molecule has 0 unspecified atom stereocenters. The fraction of sp³-hybridized carbons (Fsp3) is 0.273.